The molecule has 0 fully saturated rings. The van der Waals surface area contributed by atoms with Crippen LogP contribution in [0.25, 0.3) is 5.57 Å². The average molecular weight is 178 g/mol. The molecule has 0 heterocycles. The predicted octanol–water partition coefficient (Wildman–Crippen LogP) is 2.18. The molecular formula is C11H14O2. The number of rotatable bonds is 3. The summed E-state index contributed by atoms with van der Waals surface area (Å²) in [6.45, 7) is 2.10. The lowest BCUT2D eigenvalue weighted by Crippen LogP contribution is -1.84. The maximum atomic E-state index is 9.07. The molecule has 0 aliphatic rings. The van der Waals surface area contributed by atoms with Gasteiger partial charge in [0.25, 0.3) is 0 Å². The molecule has 0 unspecified atom stereocenters. The molecular weight excluding hydrogens is 164 g/mol. The van der Waals surface area contributed by atoms with Gasteiger partial charge < -0.3 is 10.2 Å². The molecule has 1 rings (SSSR count). The lowest BCUT2D eigenvalue weighted by molar-refractivity contribution is 0.343. The first-order valence-corrected chi connectivity index (χ1v) is 4.37. The van der Waals surface area contributed by atoms with Crippen LogP contribution >= 0.6 is 0 Å². The summed E-state index contributed by atoms with van der Waals surface area (Å²) in [6, 6.07) is 6.99. The summed E-state index contributed by atoms with van der Waals surface area (Å²) in [5.41, 5.74) is 2.15. The number of hydrogen-bond donors (Lipinski definition) is 2. The Balaban J connectivity index is 2.92. The molecule has 0 radical (unpaired) electrons. The first kappa shape index (κ1) is 9.81. The summed E-state index contributed by atoms with van der Waals surface area (Å²) in [7, 11) is 0. The molecule has 0 saturated carbocycles. The highest BCUT2D eigenvalue weighted by Crippen LogP contribution is 2.19. The highest BCUT2D eigenvalue weighted by molar-refractivity contribution is 5.65. The number of phenols is 1. The van der Waals surface area contributed by atoms with Gasteiger partial charge in [-0.05, 0) is 29.7 Å². The van der Waals surface area contributed by atoms with Crippen molar-refractivity contribution in [2.75, 3.05) is 6.61 Å². The van der Waals surface area contributed by atoms with E-state index in [-0.39, 0.29) is 12.4 Å². The molecule has 2 nitrogen and oxygen atoms in total. The molecule has 1 aromatic carbocycles. The molecule has 0 atom stereocenters. The van der Waals surface area contributed by atoms with Gasteiger partial charge in [-0.2, -0.15) is 0 Å². The molecule has 0 amide bonds. The number of aromatic hydroxyl groups is 1. The first-order valence-electron chi connectivity index (χ1n) is 4.37. The fraction of sp³-hybridized carbons (Fsp3) is 0.273. The van der Waals surface area contributed by atoms with E-state index in [1.54, 1.807) is 18.2 Å². The van der Waals surface area contributed by atoms with E-state index in [0.717, 1.165) is 17.6 Å². The van der Waals surface area contributed by atoms with Gasteiger partial charge >= 0.3 is 0 Å². The lowest BCUT2D eigenvalue weighted by atomic mass is 10.0. The second kappa shape index (κ2) is 4.67. The fourth-order valence-corrected chi connectivity index (χ4v) is 1.25. The van der Waals surface area contributed by atoms with Crippen molar-refractivity contribution in [2.24, 2.45) is 0 Å². The quantitative estimate of drug-likeness (QED) is 0.744. The zero-order chi connectivity index (χ0) is 9.68. The summed E-state index contributed by atoms with van der Waals surface area (Å²) in [6.07, 6.45) is 2.66. The largest absolute Gasteiger partial charge is 0.508 e. The molecule has 0 spiro atoms. The SMILES string of the molecule is CC/C(=C/CO)c1ccc(O)cc1. The highest BCUT2D eigenvalue weighted by atomic mass is 16.3. The molecule has 0 bridgehead atoms. The average Bonchev–Trinajstić information content (AvgIpc) is 2.16. The van der Waals surface area contributed by atoms with Crippen LogP contribution in [0, 0.1) is 0 Å². The number of benzene rings is 1. The Bertz CT molecular complexity index is 285. The van der Waals surface area contributed by atoms with E-state index in [0.29, 0.717) is 0 Å². The van der Waals surface area contributed by atoms with Crippen LogP contribution < -0.4 is 0 Å². The van der Waals surface area contributed by atoms with Crippen molar-refractivity contribution < 1.29 is 10.2 Å². The van der Waals surface area contributed by atoms with Crippen LogP contribution in [-0.4, -0.2) is 16.8 Å². The van der Waals surface area contributed by atoms with Crippen LogP contribution in [0.3, 0.4) is 0 Å². The van der Waals surface area contributed by atoms with Crippen molar-refractivity contribution in [2.45, 2.75) is 13.3 Å². The Morgan fingerprint density at radius 2 is 1.92 bits per heavy atom. The van der Waals surface area contributed by atoms with Gasteiger partial charge in [0.15, 0.2) is 0 Å². The van der Waals surface area contributed by atoms with Gasteiger partial charge in [-0.1, -0.05) is 25.1 Å². The third-order valence-corrected chi connectivity index (χ3v) is 1.96. The Morgan fingerprint density at radius 3 is 2.38 bits per heavy atom. The second-order valence-corrected chi connectivity index (χ2v) is 2.81. The van der Waals surface area contributed by atoms with Gasteiger partial charge in [-0.15, -0.1) is 0 Å². The molecule has 70 valence electrons. The summed E-state index contributed by atoms with van der Waals surface area (Å²) in [5.74, 6) is 0.267. The van der Waals surface area contributed by atoms with Crippen molar-refractivity contribution in [1.29, 1.82) is 0 Å². The van der Waals surface area contributed by atoms with Crippen molar-refractivity contribution >= 4 is 5.57 Å². The van der Waals surface area contributed by atoms with Gasteiger partial charge in [0, 0.05) is 0 Å². The van der Waals surface area contributed by atoms with Gasteiger partial charge in [0.05, 0.1) is 6.61 Å². The number of phenolic OH excluding ortho intramolecular Hbond substituents is 1. The molecule has 0 aliphatic carbocycles. The van der Waals surface area contributed by atoms with Crippen molar-refractivity contribution in [3.63, 3.8) is 0 Å². The molecule has 0 saturated heterocycles. The molecule has 0 aromatic heterocycles. The monoisotopic (exact) mass is 178 g/mol. The molecule has 0 aliphatic heterocycles. The van der Waals surface area contributed by atoms with E-state index in [2.05, 4.69) is 0 Å². The second-order valence-electron chi connectivity index (χ2n) is 2.81. The summed E-state index contributed by atoms with van der Waals surface area (Å²) in [4.78, 5) is 0. The maximum Gasteiger partial charge on any atom is 0.115 e. The van der Waals surface area contributed by atoms with E-state index in [4.69, 9.17) is 10.2 Å². The number of aliphatic hydroxyl groups is 1. The number of hydrogen-bond acceptors (Lipinski definition) is 2. The molecule has 2 N–H and O–H groups in total. The Hall–Kier alpha value is -1.28. The predicted molar refractivity (Wildman–Crippen MR) is 53.5 cm³/mol. The number of aliphatic hydroxyl groups excluding tert-OH is 1. The Labute approximate surface area is 78.2 Å². The molecule has 1 aromatic rings. The zero-order valence-electron chi connectivity index (χ0n) is 7.70. The summed E-state index contributed by atoms with van der Waals surface area (Å²) >= 11 is 0. The van der Waals surface area contributed by atoms with Gasteiger partial charge in [0.1, 0.15) is 5.75 Å². The maximum absolute atomic E-state index is 9.07. The fourth-order valence-electron chi connectivity index (χ4n) is 1.25. The molecule has 2 heteroatoms. The summed E-state index contributed by atoms with van der Waals surface area (Å²) in [5, 5.41) is 17.8. The van der Waals surface area contributed by atoms with Crippen molar-refractivity contribution in [3.8, 4) is 5.75 Å². The van der Waals surface area contributed by atoms with Crippen LogP contribution in [0.1, 0.15) is 18.9 Å². The minimum absolute atomic E-state index is 0.0596. The Morgan fingerprint density at radius 1 is 1.31 bits per heavy atom. The Kier molecular flexibility index (Phi) is 3.53. The van der Waals surface area contributed by atoms with Crippen LogP contribution in [-0.2, 0) is 0 Å². The minimum atomic E-state index is 0.0596. The van der Waals surface area contributed by atoms with E-state index in [1.807, 2.05) is 19.1 Å². The van der Waals surface area contributed by atoms with Crippen LogP contribution in [0.4, 0.5) is 0 Å². The standard InChI is InChI=1S/C11H14O2/c1-2-9(7-8-12)10-3-5-11(13)6-4-10/h3-7,12-13H,2,8H2,1H3/b9-7-. The molecule has 13 heavy (non-hydrogen) atoms. The van der Waals surface area contributed by atoms with Gasteiger partial charge in [-0.3, -0.25) is 0 Å². The van der Waals surface area contributed by atoms with Crippen LogP contribution in [0.5, 0.6) is 5.75 Å². The third kappa shape index (κ3) is 2.60. The summed E-state index contributed by atoms with van der Waals surface area (Å²) < 4.78 is 0. The van der Waals surface area contributed by atoms with Gasteiger partial charge in [-0.25, -0.2) is 0 Å². The van der Waals surface area contributed by atoms with Crippen LogP contribution in [0.2, 0.25) is 0 Å². The van der Waals surface area contributed by atoms with Crippen LogP contribution in [0.15, 0.2) is 30.3 Å². The first-order chi connectivity index (χ1) is 6.27. The van der Waals surface area contributed by atoms with Crippen molar-refractivity contribution in [1.82, 2.24) is 0 Å². The van der Waals surface area contributed by atoms with E-state index in [9.17, 15) is 0 Å². The topological polar surface area (TPSA) is 40.5 Å². The van der Waals surface area contributed by atoms with Crippen molar-refractivity contribution in [3.05, 3.63) is 35.9 Å². The minimum Gasteiger partial charge on any atom is -0.508 e. The zero-order valence-corrected chi connectivity index (χ0v) is 7.70. The van der Waals surface area contributed by atoms with E-state index in [1.165, 1.54) is 0 Å². The highest BCUT2D eigenvalue weighted by Gasteiger charge is 1.97. The van der Waals surface area contributed by atoms with E-state index < -0.39 is 0 Å². The normalized spacial score (nSPS) is 11.7. The number of allylic oxidation sites excluding steroid dienone is 1. The lowest BCUT2D eigenvalue weighted by Gasteiger charge is -2.04. The van der Waals surface area contributed by atoms with Gasteiger partial charge in [0.2, 0.25) is 0 Å². The van der Waals surface area contributed by atoms with E-state index >= 15 is 0 Å². The third-order valence-electron chi connectivity index (χ3n) is 1.96. The smallest absolute Gasteiger partial charge is 0.115 e.